The van der Waals surface area contributed by atoms with E-state index in [1.54, 1.807) is 0 Å². The van der Waals surface area contributed by atoms with Crippen LogP contribution in [-0.4, -0.2) is 41.1 Å². The van der Waals surface area contributed by atoms with Crippen molar-refractivity contribution >= 4 is 11.8 Å². The van der Waals surface area contributed by atoms with Crippen LogP contribution in [0.4, 0.5) is 0 Å². The van der Waals surface area contributed by atoms with Gasteiger partial charge in [-0.05, 0) is 31.2 Å². The minimum atomic E-state index is -0.326. The van der Waals surface area contributed by atoms with Crippen molar-refractivity contribution in [2.24, 2.45) is 0 Å². The summed E-state index contributed by atoms with van der Waals surface area (Å²) in [6.07, 6.45) is 1.79. The fraction of sp³-hybridized carbons (Fsp3) is 0.571. The van der Waals surface area contributed by atoms with Gasteiger partial charge >= 0.3 is 0 Å². The van der Waals surface area contributed by atoms with Crippen molar-refractivity contribution in [3.05, 3.63) is 35.9 Å². The normalized spacial score (nSPS) is 21.9. The average molecular weight is 251 g/mol. The Kier molecular flexibility index (Phi) is 4.89. The lowest BCUT2D eigenvalue weighted by atomic mass is 10.1. The van der Waals surface area contributed by atoms with Crippen molar-refractivity contribution in [3.8, 4) is 0 Å². The monoisotopic (exact) mass is 251 g/mol. The van der Waals surface area contributed by atoms with Gasteiger partial charge in [0.05, 0.1) is 6.10 Å². The molecular formula is C14H21NOS. The number of benzene rings is 1. The molecule has 0 radical (unpaired) electrons. The number of aliphatic hydroxyl groups excluding tert-OH is 1. The molecule has 0 amide bonds. The molecule has 1 aliphatic heterocycles. The van der Waals surface area contributed by atoms with Gasteiger partial charge in [-0.2, -0.15) is 11.8 Å². The van der Waals surface area contributed by atoms with Gasteiger partial charge in [0.15, 0.2) is 0 Å². The standard InChI is InChI=1S/C14H21NOS/c1-15(13-8-10-17-11-13)9-7-14(16)12-5-3-2-4-6-12/h2-6,13-14,16H,7-11H2,1H3. The number of rotatable bonds is 5. The predicted molar refractivity (Wildman–Crippen MR) is 74.4 cm³/mol. The van der Waals surface area contributed by atoms with Crippen molar-refractivity contribution in [3.63, 3.8) is 0 Å². The molecule has 1 aromatic rings. The second kappa shape index (κ2) is 6.43. The third-order valence-electron chi connectivity index (χ3n) is 3.47. The first-order valence-electron chi connectivity index (χ1n) is 6.28. The third-order valence-corrected chi connectivity index (χ3v) is 4.61. The van der Waals surface area contributed by atoms with E-state index in [1.807, 2.05) is 42.1 Å². The van der Waals surface area contributed by atoms with E-state index in [0.717, 1.165) is 18.5 Å². The minimum absolute atomic E-state index is 0.326. The van der Waals surface area contributed by atoms with Gasteiger partial charge in [-0.3, -0.25) is 0 Å². The van der Waals surface area contributed by atoms with Crippen LogP contribution in [0.25, 0.3) is 0 Å². The largest absolute Gasteiger partial charge is 0.388 e. The second-order valence-electron chi connectivity index (χ2n) is 4.71. The first kappa shape index (κ1) is 12.9. The Morgan fingerprint density at radius 2 is 2.18 bits per heavy atom. The summed E-state index contributed by atoms with van der Waals surface area (Å²) in [6.45, 7) is 0.973. The maximum absolute atomic E-state index is 10.1. The van der Waals surface area contributed by atoms with Crippen LogP contribution in [0.3, 0.4) is 0 Å². The summed E-state index contributed by atoms with van der Waals surface area (Å²) in [5, 5.41) is 10.1. The molecule has 1 fully saturated rings. The molecule has 1 heterocycles. The van der Waals surface area contributed by atoms with Crippen LogP contribution in [0.1, 0.15) is 24.5 Å². The van der Waals surface area contributed by atoms with E-state index in [0.29, 0.717) is 6.04 Å². The first-order valence-corrected chi connectivity index (χ1v) is 7.44. The van der Waals surface area contributed by atoms with Crippen molar-refractivity contribution in [1.82, 2.24) is 4.90 Å². The van der Waals surface area contributed by atoms with Gasteiger partial charge in [0.25, 0.3) is 0 Å². The van der Waals surface area contributed by atoms with Gasteiger partial charge in [-0.15, -0.1) is 0 Å². The molecule has 0 bridgehead atoms. The molecule has 2 atom stereocenters. The van der Waals surface area contributed by atoms with E-state index in [9.17, 15) is 5.11 Å². The average Bonchev–Trinajstić information content (AvgIpc) is 2.90. The lowest BCUT2D eigenvalue weighted by Gasteiger charge is -2.24. The maximum atomic E-state index is 10.1. The molecule has 17 heavy (non-hydrogen) atoms. The maximum Gasteiger partial charge on any atom is 0.0802 e. The highest BCUT2D eigenvalue weighted by molar-refractivity contribution is 7.99. The van der Waals surface area contributed by atoms with Crippen molar-refractivity contribution in [1.29, 1.82) is 0 Å². The zero-order valence-electron chi connectivity index (χ0n) is 10.4. The fourth-order valence-electron chi connectivity index (χ4n) is 2.22. The molecule has 3 heteroatoms. The Bertz CT molecular complexity index is 324. The molecule has 1 N–H and O–H groups in total. The highest BCUT2D eigenvalue weighted by atomic mass is 32.2. The van der Waals surface area contributed by atoms with Crippen LogP contribution in [-0.2, 0) is 0 Å². The predicted octanol–water partition coefficient (Wildman–Crippen LogP) is 2.55. The smallest absolute Gasteiger partial charge is 0.0802 e. The Balaban J connectivity index is 1.77. The van der Waals surface area contributed by atoms with Gasteiger partial charge in [-0.25, -0.2) is 0 Å². The molecule has 2 rings (SSSR count). The summed E-state index contributed by atoms with van der Waals surface area (Å²) in [7, 11) is 2.17. The fourth-order valence-corrected chi connectivity index (χ4v) is 3.52. The minimum Gasteiger partial charge on any atom is -0.388 e. The number of thioether (sulfide) groups is 1. The molecule has 0 spiro atoms. The van der Waals surface area contributed by atoms with Crippen molar-refractivity contribution in [2.45, 2.75) is 25.0 Å². The van der Waals surface area contributed by atoms with E-state index in [1.165, 1.54) is 17.9 Å². The highest BCUT2D eigenvalue weighted by Gasteiger charge is 2.20. The topological polar surface area (TPSA) is 23.5 Å². The van der Waals surface area contributed by atoms with Crippen LogP contribution in [0.2, 0.25) is 0 Å². The van der Waals surface area contributed by atoms with E-state index in [4.69, 9.17) is 0 Å². The number of nitrogens with zero attached hydrogens (tertiary/aromatic N) is 1. The van der Waals surface area contributed by atoms with Crippen LogP contribution in [0, 0.1) is 0 Å². The third kappa shape index (κ3) is 3.73. The molecule has 0 aliphatic carbocycles. The molecular weight excluding hydrogens is 230 g/mol. The summed E-state index contributed by atoms with van der Waals surface area (Å²) in [5.41, 5.74) is 1.03. The Labute approximate surface area is 108 Å². The molecule has 1 saturated heterocycles. The summed E-state index contributed by atoms with van der Waals surface area (Å²) >= 11 is 2.04. The van der Waals surface area contributed by atoms with Crippen LogP contribution >= 0.6 is 11.8 Å². The Morgan fingerprint density at radius 3 is 2.82 bits per heavy atom. The zero-order chi connectivity index (χ0) is 12.1. The van der Waals surface area contributed by atoms with Crippen LogP contribution < -0.4 is 0 Å². The summed E-state index contributed by atoms with van der Waals surface area (Å²) in [6, 6.07) is 10.7. The second-order valence-corrected chi connectivity index (χ2v) is 5.86. The molecule has 2 nitrogen and oxygen atoms in total. The quantitative estimate of drug-likeness (QED) is 0.870. The number of hydrogen-bond donors (Lipinski definition) is 1. The number of hydrogen-bond acceptors (Lipinski definition) is 3. The van der Waals surface area contributed by atoms with E-state index >= 15 is 0 Å². The lowest BCUT2D eigenvalue weighted by molar-refractivity contribution is 0.140. The molecule has 0 aromatic heterocycles. The van der Waals surface area contributed by atoms with E-state index in [2.05, 4.69) is 11.9 Å². The Morgan fingerprint density at radius 1 is 1.41 bits per heavy atom. The summed E-state index contributed by atoms with van der Waals surface area (Å²) in [4.78, 5) is 2.40. The van der Waals surface area contributed by atoms with Crippen LogP contribution in [0.15, 0.2) is 30.3 Å². The van der Waals surface area contributed by atoms with Gasteiger partial charge in [0.2, 0.25) is 0 Å². The van der Waals surface area contributed by atoms with Crippen molar-refractivity contribution in [2.75, 3.05) is 25.1 Å². The number of aliphatic hydroxyl groups is 1. The van der Waals surface area contributed by atoms with Gasteiger partial charge in [-0.1, -0.05) is 30.3 Å². The molecule has 0 saturated carbocycles. The van der Waals surface area contributed by atoms with Crippen LogP contribution in [0.5, 0.6) is 0 Å². The van der Waals surface area contributed by atoms with E-state index < -0.39 is 0 Å². The zero-order valence-corrected chi connectivity index (χ0v) is 11.2. The van der Waals surface area contributed by atoms with Gasteiger partial charge in [0.1, 0.15) is 0 Å². The van der Waals surface area contributed by atoms with Gasteiger partial charge < -0.3 is 10.0 Å². The molecule has 2 unspecified atom stereocenters. The Hall–Kier alpha value is -0.510. The molecule has 1 aromatic carbocycles. The first-order chi connectivity index (χ1) is 8.27. The van der Waals surface area contributed by atoms with Crippen molar-refractivity contribution < 1.29 is 5.11 Å². The molecule has 94 valence electrons. The molecule has 1 aliphatic rings. The highest BCUT2D eigenvalue weighted by Crippen LogP contribution is 2.23. The SMILES string of the molecule is CN(CCC(O)c1ccccc1)C1CCSC1. The van der Waals surface area contributed by atoms with E-state index in [-0.39, 0.29) is 6.10 Å². The lowest BCUT2D eigenvalue weighted by Crippen LogP contribution is -2.32. The summed E-state index contributed by atoms with van der Waals surface area (Å²) in [5.74, 6) is 2.54. The summed E-state index contributed by atoms with van der Waals surface area (Å²) < 4.78 is 0. The van der Waals surface area contributed by atoms with Gasteiger partial charge in [0, 0.05) is 18.3 Å².